The van der Waals surface area contributed by atoms with Crippen molar-refractivity contribution in [1.29, 1.82) is 0 Å². The van der Waals surface area contributed by atoms with E-state index in [0.29, 0.717) is 24.6 Å². The molecule has 1 aromatic carbocycles. The zero-order chi connectivity index (χ0) is 22.8. The van der Waals surface area contributed by atoms with Crippen LogP contribution in [-0.2, 0) is 23.9 Å². The number of anilines is 1. The van der Waals surface area contributed by atoms with Gasteiger partial charge in [-0.3, -0.25) is 19.2 Å². The Labute approximate surface area is 182 Å². The molecule has 0 aliphatic carbocycles. The van der Waals surface area contributed by atoms with Gasteiger partial charge in [0, 0.05) is 26.5 Å². The van der Waals surface area contributed by atoms with Crippen LogP contribution in [0.15, 0.2) is 24.3 Å². The zero-order valence-corrected chi connectivity index (χ0v) is 18.6. The largest absolute Gasteiger partial charge is 0.427 e. The second kappa shape index (κ2) is 9.18. The van der Waals surface area contributed by atoms with E-state index in [1.54, 1.807) is 12.1 Å². The first-order valence-corrected chi connectivity index (χ1v) is 10.6. The van der Waals surface area contributed by atoms with Crippen LogP contribution in [0.25, 0.3) is 0 Å². The van der Waals surface area contributed by atoms with Gasteiger partial charge in [-0.1, -0.05) is 20.8 Å². The lowest BCUT2D eigenvalue weighted by molar-refractivity contribution is -0.141. The monoisotopic (exact) mass is 430 g/mol. The molecular weight excluding hydrogens is 400 g/mol. The predicted octanol–water partition coefficient (Wildman–Crippen LogP) is 2.69. The fraction of sp³-hybridized carbons (Fsp3) is 0.565. The van der Waals surface area contributed by atoms with Gasteiger partial charge < -0.3 is 14.4 Å². The van der Waals surface area contributed by atoms with Crippen LogP contribution in [0.1, 0.15) is 53.4 Å². The van der Waals surface area contributed by atoms with Crippen molar-refractivity contribution in [2.75, 3.05) is 18.1 Å². The van der Waals surface area contributed by atoms with Crippen molar-refractivity contribution in [2.24, 2.45) is 5.41 Å². The molecule has 3 amide bonds. The molecule has 3 rings (SSSR count). The fourth-order valence-electron chi connectivity index (χ4n) is 3.93. The Morgan fingerprint density at radius 1 is 1.19 bits per heavy atom. The molecule has 2 saturated heterocycles. The van der Waals surface area contributed by atoms with Gasteiger partial charge >= 0.3 is 5.97 Å². The van der Waals surface area contributed by atoms with Crippen LogP contribution < -0.4 is 9.64 Å². The summed E-state index contributed by atoms with van der Waals surface area (Å²) in [5.41, 5.74) is 0.137. The summed E-state index contributed by atoms with van der Waals surface area (Å²) >= 11 is 0. The molecule has 2 aliphatic rings. The van der Waals surface area contributed by atoms with Crippen molar-refractivity contribution in [3.63, 3.8) is 0 Å². The third kappa shape index (κ3) is 5.70. The molecule has 31 heavy (non-hydrogen) atoms. The molecule has 0 spiro atoms. The molecule has 0 N–H and O–H groups in total. The van der Waals surface area contributed by atoms with E-state index < -0.39 is 17.9 Å². The van der Waals surface area contributed by atoms with E-state index in [1.165, 1.54) is 24.0 Å². The van der Waals surface area contributed by atoms with Crippen LogP contribution in [0.2, 0.25) is 0 Å². The minimum Gasteiger partial charge on any atom is -0.427 e. The van der Waals surface area contributed by atoms with Crippen LogP contribution in [0.3, 0.4) is 0 Å². The Kier molecular flexibility index (Phi) is 6.79. The first kappa shape index (κ1) is 22.9. The standard InChI is InChI=1S/C23H30N2O6/c1-15(26)31-17-9-7-16(8-10-17)25-20(27)12-19(22(25)29)24(14-18-6-5-11-30-18)21(28)13-23(2,3)4/h7-10,18-19H,5-6,11-14H2,1-4H3. The lowest BCUT2D eigenvalue weighted by atomic mass is 9.91. The topological polar surface area (TPSA) is 93.2 Å². The maximum Gasteiger partial charge on any atom is 0.308 e. The smallest absolute Gasteiger partial charge is 0.308 e. The number of imide groups is 1. The molecule has 2 unspecified atom stereocenters. The minimum absolute atomic E-state index is 0.0624. The molecule has 0 radical (unpaired) electrons. The summed E-state index contributed by atoms with van der Waals surface area (Å²) in [5.74, 6) is -1.07. The van der Waals surface area contributed by atoms with E-state index in [-0.39, 0.29) is 36.2 Å². The van der Waals surface area contributed by atoms with Gasteiger partial charge in [0.05, 0.1) is 18.2 Å². The van der Waals surface area contributed by atoms with Crippen LogP contribution in [0.4, 0.5) is 5.69 Å². The first-order valence-electron chi connectivity index (χ1n) is 10.6. The van der Waals surface area contributed by atoms with E-state index in [0.717, 1.165) is 17.7 Å². The average Bonchev–Trinajstić information content (AvgIpc) is 3.26. The lowest BCUT2D eigenvalue weighted by Gasteiger charge is -2.32. The molecule has 2 heterocycles. The molecule has 1 aromatic rings. The first-order chi connectivity index (χ1) is 14.5. The fourth-order valence-corrected chi connectivity index (χ4v) is 3.93. The Balaban J connectivity index is 1.81. The zero-order valence-electron chi connectivity index (χ0n) is 18.6. The molecule has 0 aromatic heterocycles. The quantitative estimate of drug-likeness (QED) is 0.391. The van der Waals surface area contributed by atoms with E-state index in [9.17, 15) is 19.2 Å². The van der Waals surface area contributed by atoms with Crippen molar-refractivity contribution < 1.29 is 28.7 Å². The van der Waals surface area contributed by atoms with Gasteiger partial charge in [-0.05, 0) is 42.5 Å². The Hall–Kier alpha value is -2.74. The summed E-state index contributed by atoms with van der Waals surface area (Å²) in [4.78, 5) is 52.9. The molecule has 8 nitrogen and oxygen atoms in total. The van der Waals surface area contributed by atoms with Crippen LogP contribution in [-0.4, -0.2) is 53.9 Å². The summed E-state index contributed by atoms with van der Waals surface area (Å²) < 4.78 is 10.7. The van der Waals surface area contributed by atoms with E-state index in [1.807, 2.05) is 20.8 Å². The van der Waals surface area contributed by atoms with Gasteiger partial charge in [-0.15, -0.1) is 0 Å². The number of carbonyl (C=O) groups excluding carboxylic acids is 4. The summed E-state index contributed by atoms with van der Waals surface area (Å²) in [6.07, 6.45) is 1.84. The number of benzene rings is 1. The second-order valence-corrected chi connectivity index (χ2v) is 9.29. The molecular formula is C23H30N2O6. The van der Waals surface area contributed by atoms with Crippen LogP contribution >= 0.6 is 0 Å². The summed E-state index contributed by atoms with van der Waals surface area (Å²) in [5, 5.41) is 0. The third-order valence-electron chi connectivity index (χ3n) is 5.28. The van der Waals surface area contributed by atoms with Crippen LogP contribution in [0, 0.1) is 5.41 Å². The lowest BCUT2D eigenvalue weighted by Crippen LogP contribution is -2.49. The number of rotatable bonds is 6. The Morgan fingerprint density at radius 2 is 1.87 bits per heavy atom. The highest BCUT2D eigenvalue weighted by molar-refractivity contribution is 6.23. The maximum atomic E-state index is 13.2. The molecule has 2 aliphatic heterocycles. The van der Waals surface area contributed by atoms with Crippen molar-refractivity contribution >= 4 is 29.4 Å². The predicted molar refractivity (Wildman–Crippen MR) is 113 cm³/mol. The number of nitrogens with zero attached hydrogens (tertiary/aromatic N) is 2. The Bertz CT molecular complexity index is 852. The van der Waals surface area contributed by atoms with Crippen molar-refractivity contribution in [2.45, 2.75) is 65.5 Å². The molecule has 0 saturated carbocycles. The number of hydrogen-bond acceptors (Lipinski definition) is 6. The normalized spacial score (nSPS) is 21.5. The highest BCUT2D eigenvalue weighted by atomic mass is 16.5. The molecule has 2 atom stereocenters. The summed E-state index contributed by atoms with van der Waals surface area (Å²) in [6, 6.07) is 5.31. The third-order valence-corrected chi connectivity index (χ3v) is 5.28. The SMILES string of the molecule is CC(=O)Oc1ccc(N2C(=O)CC(N(CC3CCCO3)C(=O)CC(C)(C)C)C2=O)cc1. The molecule has 2 fully saturated rings. The molecule has 8 heteroatoms. The number of esters is 1. The number of ether oxygens (including phenoxy) is 2. The van der Waals surface area contributed by atoms with E-state index >= 15 is 0 Å². The number of carbonyl (C=O) groups is 4. The Morgan fingerprint density at radius 3 is 2.42 bits per heavy atom. The molecule has 0 bridgehead atoms. The van der Waals surface area contributed by atoms with Crippen molar-refractivity contribution in [3.05, 3.63) is 24.3 Å². The van der Waals surface area contributed by atoms with Crippen molar-refractivity contribution in [3.8, 4) is 5.75 Å². The van der Waals surface area contributed by atoms with Gasteiger partial charge in [-0.2, -0.15) is 0 Å². The van der Waals surface area contributed by atoms with Crippen LogP contribution in [0.5, 0.6) is 5.75 Å². The number of amides is 3. The van der Waals surface area contributed by atoms with Gasteiger partial charge in [0.15, 0.2) is 0 Å². The highest BCUT2D eigenvalue weighted by Crippen LogP contribution is 2.30. The average molecular weight is 431 g/mol. The molecule has 168 valence electrons. The number of hydrogen-bond donors (Lipinski definition) is 0. The van der Waals surface area contributed by atoms with Gasteiger partial charge in [0.1, 0.15) is 11.8 Å². The minimum atomic E-state index is -0.848. The highest BCUT2D eigenvalue weighted by Gasteiger charge is 2.45. The van der Waals surface area contributed by atoms with Gasteiger partial charge in [0.25, 0.3) is 5.91 Å². The summed E-state index contributed by atoms with van der Waals surface area (Å²) in [6.45, 7) is 8.14. The second-order valence-electron chi connectivity index (χ2n) is 9.29. The van der Waals surface area contributed by atoms with Gasteiger partial charge in [-0.25, -0.2) is 4.90 Å². The van der Waals surface area contributed by atoms with E-state index in [2.05, 4.69) is 0 Å². The van der Waals surface area contributed by atoms with Gasteiger partial charge in [0.2, 0.25) is 11.8 Å². The van der Waals surface area contributed by atoms with E-state index in [4.69, 9.17) is 9.47 Å². The summed E-state index contributed by atoms with van der Waals surface area (Å²) in [7, 11) is 0. The maximum absolute atomic E-state index is 13.2. The van der Waals surface area contributed by atoms with Crippen molar-refractivity contribution in [1.82, 2.24) is 4.90 Å².